The second kappa shape index (κ2) is 7.92. The molecule has 0 aliphatic heterocycles. The molecular formula is C17H20N2O4S. The number of hydrogen-bond donors (Lipinski definition) is 1. The number of benzene rings is 1. The minimum Gasteiger partial charge on any atom is -0.452 e. The van der Waals surface area contributed by atoms with E-state index in [0.29, 0.717) is 5.69 Å². The third kappa shape index (κ3) is 4.79. The van der Waals surface area contributed by atoms with E-state index in [4.69, 9.17) is 4.74 Å². The van der Waals surface area contributed by atoms with Crippen molar-refractivity contribution in [2.45, 2.75) is 39.8 Å². The number of nitrogens with zero attached hydrogens (tertiary/aromatic N) is 1. The van der Waals surface area contributed by atoms with Crippen molar-refractivity contribution in [1.82, 2.24) is 4.57 Å². The second-order valence-electron chi connectivity index (χ2n) is 5.53. The summed E-state index contributed by atoms with van der Waals surface area (Å²) in [6, 6.07) is 7.33. The van der Waals surface area contributed by atoms with Crippen LogP contribution >= 0.6 is 11.3 Å². The SMILES string of the molecule is Cc1ccc(NC(=O)[C@H](C)OC(=O)CCn2c(C)csc2=O)cc1. The summed E-state index contributed by atoms with van der Waals surface area (Å²) in [6.07, 6.45) is -0.862. The monoisotopic (exact) mass is 348 g/mol. The molecule has 1 aromatic heterocycles. The van der Waals surface area contributed by atoms with Gasteiger partial charge < -0.3 is 14.6 Å². The van der Waals surface area contributed by atoms with Gasteiger partial charge in [-0.3, -0.25) is 14.4 Å². The average Bonchev–Trinajstić information content (AvgIpc) is 2.86. The van der Waals surface area contributed by atoms with E-state index in [1.165, 1.54) is 11.5 Å². The molecule has 0 aliphatic rings. The standard InChI is InChI=1S/C17H20N2O4S/c1-11-4-6-14(7-5-11)18-16(21)13(3)23-15(20)8-9-19-12(2)10-24-17(19)22/h4-7,10,13H,8-9H2,1-3H3,(H,18,21)/t13-/m0/s1. The lowest BCUT2D eigenvalue weighted by Crippen LogP contribution is -2.30. The van der Waals surface area contributed by atoms with Gasteiger partial charge in [0.2, 0.25) is 0 Å². The first-order chi connectivity index (χ1) is 11.4. The van der Waals surface area contributed by atoms with Gasteiger partial charge in [0, 0.05) is 23.3 Å². The molecule has 1 aromatic carbocycles. The number of thiazole rings is 1. The molecular weight excluding hydrogens is 328 g/mol. The normalized spacial score (nSPS) is 11.8. The summed E-state index contributed by atoms with van der Waals surface area (Å²) in [4.78, 5) is 35.4. The molecule has 0 saturated carbocycles. The largest absolute Gasteiger partial charge is 0.452 e. The second-order valence-corrected chi connectivity index (χ2v) is 6.35. The van der Waals surface area contributed by atoms with Crippen LogP contribution in [0, 0.1) is 13.8 Å². The molecule has 0 saturated heterocycles. The predicted molar refractivity (Wildman–Crippen MR) is 93.3 cm³/mol. The van der Waals surface area contributed by atoms with E-state index < -0.39 is 18.0 Å². The fourth-order valence-electron chi connectivity index (χ4n) is 2.07. The van der Waals surface area contributed by atoms with Gasteiger partial charge in [0.25, 0.3) is 5.91 Å². The number of anilines is 1. The number of carbonyl (C=O) groups is 2. The number of aryl methyl sites for hydroxylation is 2. The Balaban J connectivity index is 1.83. The summed E-state index contributed by atoms with van der Waals surface area (Å²) in [5.41, 5.74) is 2.54. The number of esters is 1. The van der Waals surface area contributed by atoms with E-state index in [0.717, 1.165) is 22.6 Å². The number of rotatable bonds is 6. The zero-order valence-electron chi connectivity index (χ0n) is 13.9. The molecule has 1 N–H and O–H groups in total. The van der Waals surface area contributed by atoms with Gasteiger partial charge in [0.15, 0.2) is 6.10 Å². The van der Waals surface area contributed by atoms with Gasteiger partial charge in [-0.1, -0.05) is 29.0 Å². The third-order valence-corrected chi connectivity index (χ3v) is 4.39. The van der Waals surface area contributed by atoms with Crippen LogP contribution in [-0.2, 0) is 20.9 Å². The van der Waals surface area contributed by atoms with Crippen LogP contribution in [-0.4, -0.2) is 22.5 Å². The Morgan fingerprint density at radius 3 is 2.50 bits per heavy atom. The molecule has 0 spiro atoms. The lowest BCUT2D eigenvalue weighted by Gasteiger charge is -2.14. The molecule has 7 heteroatoms. The molecule has 0 fully saturated rings. The fourth-order valence-corrected chi connectivity index (χ4v) is 2.83. The summed E-state index contributed by atoms with van der Waals surface area (Å²) in [5, 5.41) is 4.43. The van der Waals surface area contributed by atoms with Crippen molar-refractivity contribution in [1.29, 1.82) is 0 Å². The average molecular weight is 348 g/mol. The highest BCUT2D eigenvalue weighted by Gasteiger charge is 2.18. The Hall–Kier alpha value is -2.41. The number of carbonyl (C=O) groups excluding carboxylic acids is 2. The number of nitrogens with one attached hydrogen (secondary N) is 1. The smallest absolute Gasteiger partial charge is 0.308 e. The zero-order valence-corrected chi connectivity index (χ0v) is 14.7. The Labute approximate surface area is 144 Å². The first-order valence-corrected chi connectivity index (χ1v) is 8.46. The molecule has 2 rings (SSSR count). The van der Waals surface area contributed by atoms with Gasteiger partial charge in [0.1, 0.15) is 0 Å². The van der Waals surface area contributed by atoms with Crippen LogP contribution in [0.25, 0.3) is 0 Å². The van der Waals surface area contributed by atoms with Crippen LogP contribution in [0.15, 0.2) is 34.4 Å². The molecule has 6 nitrogen and oxygen atoms in total. The van der Waals surface area contributed by atoms with Gasteiger partial charge in [-0.2, -0.15) is 0 Å². The van der Waals surface area contributed by atoms with Gasteiger partial charge >= 0.3 is 10.8 Å². The van der Waals surface area contributed by atoms with Crippen LogP contribution in [0.4, 0.5) is 5.69 Å². The van der Waals surface area contributed by atoms with E-state index in [2.05, 4.69) is 5.32 Å². The Morgan fingerprint density at radius 1 is 1.25 bits per heavy atom. The van der Waals surface area contributed by atoms with Crippen LogP contribution < -0.4 is 10.2 Å². The highest BCUT2D eigenvalue weighted by atomic mass is 32.1. The number of hydrogen-bond acceptors (Lipinski definition) is 5. The van der Waals surface area contributed by atoms with Crippen molar-refractivity contribution in [3.63, 3.8) is 0 Å². The molecule has 1 amide bonds. The van der Waals surface area contributed by atoms with E-state index >= 15 is 0 Å². The number of amides is 1. The summed E-state index contributed by atoms with van der Waals surface area (Å²) < 4.78 is 6.64. The number of ether oxygens (including phenoxy) is 1. The molecule has 1 atom stereocenters. The lowest BCUT2D eigenvalue weighted by molar-refractivity contribution is -0.153. The topological polar surface area (TPSA) is 77.4 Å². The van der Waals surface area contributed by atoms with Crippen molar-refractivity contribution in [2.24, 2.45) is 0 Å². The maximum Gasteiger partial charge on any atom is 0.308 e. The Kier molecular flexibility index (Phi) is 5.92. The maximum absolute atomic E-state index is 12.0. The Bertz CT molecular complexity index is 777. The van der Waals surface area contributed by atoms with Crippen LogP contribution in [0.5, 0.6) is 0 Å². The minimum atomic E-state index is -0.904. The molecule has 0 bridgehead atoms. The first kappa shape index (κ1) is 17.9. The molecule has 0 radical (unpaired) electrons. The molecule has 24 heavy (non-hydrogen) atoms. The van der Waals surface area contributed by atoms with Crippen LogP contribution in [0.2, 0.25) is 0 Å². The van der Waals surface area contributed by atoms with Gasteiger partial charge in [-0.25, -0.2) is 0 Å². The Morgan fingerprint density at radius 2 is 1.92 bits per heavy atom. The summed E-state index contributed by atoms with van der Waals surface area (Å²) in [6.45, 7) is 5.53. The maximum atomic E-state index is 12.0. The summed E-state index contributed by atoms with van der Waals surface area (Å²) in [5.74, 6) is -0.907. The van der Waals surface area contributed by atoms with Crippen molar-refractivity contribution in [3.8, 4) is 0 Å². The van der Waals surface area contributed by atoms with Gasteiger partial charge in [-0.05, 0) is 32.9 Å². The van der Waals surface area contributed by atoms with Crippen LogP contribution in [0.3, 0.4) is 0 Å². The quantitative estimate of drug-likeness (QED) is 0.814. The van der Waals surface area contributed by atoms with Crippen LogP contribution in [0.1, 0.15) is 24.6 Å². The van der Waals surface area contributed by atoms with Crippen molar-refractivity contribution in [3.05, 3.63) is 50.6 Å². The molecule has 0 unspecified atom stereocenters. The van der Waals surface area contributed by atoms with Gasteiger partial charge in [0.05, 0.1) is 6.42 Å². The van der Waals surface area contributed by atoms with E-state index in [9.17, 15) is 14.4 Å². The predicted octanol–water partition coefficient (Wildman–Crippen LogP) is 2.49. The summed E-state index contributed by atoms with van der Waals surface area (Å²) in [7, 11) is 0. The van der Waals surface area contributed by atoms with E-state index in [-0.39, 0.29) is 17.8 Å². The first-order valence-electron chi connectivity index (χ1n) is 7.59. The minimum absolute atomic E-state index is 0.0413. The fraction of sp³-hybridized carbons (Fsp3) is 0.353. The molecule has 128 valence electrons. The zero-order chi connectivity index (χ0) is 17.7. The van der Waals surface area contributed by atoms with Gasteiger partial charge in [-0.15, -0.1) is 0 Å². The van der Waals surface area contributed by atoms with E-state index in [1.54, 1.807) is 24.4 Å². The third-order valence-electron chi connectivity index (χ3n) is 3.51. The highest BCUT2D eigenvalue weighted by molar-refractivity contribution is 7.07. The molecule has 0 aliphatic carbocycles. The highest BCUT2D eigenvalue weighted by Crippen LogP contribution is 2.10. The lowest BCUT2D eigenvalue weighted by atomic mass is 10.2. The van der Waals surface area contributed by atoms with E-state index in [1.807, 2.05) is 19.1 Å². The summed E-state index contributed by atoms with van der Waals surface area (Å²) >= 11 is 1.09. The molecule has 1 heterocycles. The number of aromatic nitrogens is 1. The van der Waals surface area contributed by atoms with Crippen molar-refractivity contribution < 1.29 is 14.3 Å². The van der Waals surface area contributed by atoms with Crippen molar-refractivity contribution in [2.75, 3.05) is 5.32 Å². The van der Waals surface area contributed by atoms with Crippen molar-refractivity contribution >= 4 is 28.9 Å². The molecule has 2 aromatic rings.